The van der Waals surface area contributed by atoms with Crippen LogP contribution >= 0.6 is 11.6 Å². The molecule has 1 fully saturated rings. The normalized spacial score (nSPS) is 16.8. The van der Waals surface area contributed by atoms with Crippen molar-refractivity contribution in [3.63, 3.8) is 0 Å². The number of halogens is 2. The number of pyridine rings is 2. The van der Waals surface area contributed by atoms with Crippen LogP contribution in [0.3, 0.4) is 0 Å². The maximum Gasteiger partial charge on any atom is 0.274 e. The zero-order chi connectivity index (χ0) is 27.4. The Morgan fingerprint density at radius 1 is 1.13 bits per heavy atom. The maximum atomic E-state index is 14.0. The first-order valence-corrected chi connectivity index (χ1v) is 12.5. The van der Waals surface area contributed by atoms with Crippen molar-refractivity contribution in [3.05, 3.63) is 104 Å². The number of aryl methyl sites for hydroxylation is 2. The lowest BCUT2D eigenvalue weighted by atomic mass is 10.0. The van der Waals surface area contributed by atoms with E-state index in [0.29, 0.717) is 29.2 Å². The second kappa shape index (κ2) is 9.43. The number of benzene rings is 1. The fraction of sp³-hybridized carbons (Fsp3) is 0.276. The maximum absolute atomic E-state index is 14.0. The molecule has 0 aliphatic heterocycles. The Morgan fingerprint density at radius 2 is 1.89 bits per heavy atom. The SMILES string of the molecule is Cc1cnc(-c2ccnc(C(C)(C)O)n2)cc1-n1c(C)cc([C@H]2C[C@@H]2c2cc(F)cc(C#N)c2)c(Cl)c1=O. The van der Waals surface area contributed by atoms with Crippen LogP contribution in [0.25, 0.3) is 17.1 Å². The molecule has 2 atom stereocenters. The molecule has 0 radical (unpaired) electrons. The van der Waals surface area contributed by atoms with E-state index in [9.17, 15) is 19.6 Å². The predicted octanol–water partition coefficient (Wildman–Crippen LogP) is 5.47. The van der Waals surface area contributed by atoms with Crippen molar-refractivity contribution in [3.8, 4) is 23.1 Å². The van der Waals surface area contributed by atoms with Gasteiger partial charge >= 0.3 is 0 Å². The molecule has 1 aromatic carbocycles. The van der Waals surface area contributed by atoms with Crippen LogP contribution < -0.4 is 5.56 Å². The van der Waals surface area contributed by atoms with Gasteiger partial charge in [-0.2, -0.15) is 5.26 Å². The Balaban J connectivity index is 1.53. The second-order valence-corrected chi connectivity index (χ2v) is 10.6. The number of nitriles is 1. The lowest BCUT2D eigenvalue weighted by molar-refractivity contribution is 0.0688. The topological polar surface area (TPSA) is 105 Å². The van der Waals surface area contributed by atoms with Crippen molar-refractivity contribution in [1.29, 1.82) is 5.26 Å². The molecule has 1 N–H and O–H groups in total. The van der Waals surface area contributed by atoms with Crippen LogP contribution in [0.15, 0.2) is 53.6 Å². The number of aliphatic hydroxyl groups is 1. The number of hydrogen-bond acceptors (Lipinski definition) is 6. The van der Waals surface area contributed by atoms with Gasteiger partial charge in [0, 0.05) is 18.1 Å². The lowest BCUT2D eigenvalue weighted by Gasteiger charge is -2.17. The van der Waals surface area contributed by atoms with Crippen LogP contribution in [0.2, 0.25) is 5.02 Å². The zero-order valence-corrected chi connectivity index (χ0v) is 22.1. The van der Waals surface area contributed by atoms with Crippen LogP contribution in [-0.2, 0) is 5.60 Å². The summed E-state index contributed by atoms with van der Waals surface area (Å²) in [5.41, 5.74) is 3.25. The van der Waals surface area contributed by atoms with Gasteiger partial charge in [0.05, 0.1) is 28.7 Å². The van der Waals surface area contributed by atoms with E-state index in [1.165, 1.54) is 12.1 Å². The fourth-order valence-corrected chi connectivity index (χ4v) is 5.07. The van der Waals surface area contributed by atoms with Crippen molar-refractivity contribution >= 4 is 11.6 Å². The predicted molar refractivity (Wildman–Crippen MR) is 142 cm³/mol. The third kappa shape index (κ3) is 4.71. The summed E-state index contributed by atoms with van der Waals surface area (Å²) in [5, 5.41) is 19.6. The van der Waals surface area contributed by atoms with Crippen LogP contribution in [0.5, 0.6) is 0 Å². The Hall–Kier alpha value is -3.93. The van der Waals surface area contributed by atoms with Gasteiger partial charge in [0.2, 0.25) is 0 Å². The van der Waals surface area contributed by atoms with Gasteiger partial charge in [0.15, 0.2) is 5.82 Å². The molecule has 0 unspecified atom stereocenters. The molecule has 192 valence electrons. The number of aromatic nitrogens is 4. The lowest BCUT2D eigenvalue weighted by Crippen LogP contribution is -2.23. The molecule has 7 nitrogen and oxygen atoms in total. The third-order valence-corrected chi connectivity index (χ3v) is 7.19. The summed E-state index contributed by atoms with van der Waals surface area (Å²) < 4.78 is 15.6. The fourth-order valence-electron chi connectivity index (χ4n) is 4.79. The van der Waals surface area contributed by atoms with Gasteiger partial charge in [-0.3, -0.25) is 14.3 Å². The summed E-state index contributed by atoms with van der Waals surface area (Å²) in [6.07, 6.45) is 3.94. The van der Waals surface area contributed by atoms with Gasteiger partial charge in [-0.05, 0) is 99.0 Å². The molecule has 0 amide bonds. The van der Waals surface area contributed by atoms with Gasteiger partial charge in [0.1, 0.15) is 16.4 Å². The Labute approximate surface area is 224 Å². The van der Waals surface area contributed by atoms with E-state index in [1.807, 2.05) is 26.0 Å². The minimum Gasteiger partial charge on any atom is -0.382 e. The molecule has 0 bridgehead atoms. The molecule has 0 spiro atoms. The Kier molecular flexibility index (Phi) is 6.38. The first-order chi connectivity index (χ1) is 18.0. The van der Waals surface area contributed by atoms with E-state index in [-0.39, 0.29) is 33.8 Å². The first kappa shape index (κ1) is 25.7. The molecule has 4 aromatic rings. The molecular weight excluding hydrogens is 505 g/mol. The quantitative estimate of drug-likeness (QED) is 0.367. The molecule has 0 saturated heterocycles. The van der Waals surface area contributed by atoms with Crippen molar-refractivity contribution in [2.45, 2.75) is 51.6 Å². The average molecular weight is 530 g/mol. The molecule has 38 heavy (non-hydrogen) atoms. The van der Waals surface area contributed by atoms with E-state index in [4.69, 9.17) is 11.6 Å². The van der Waals surface area contributed by atoms with Crippen molar-refractivity contribution in [2.24, 2.45) is 0 Å². The Morgan fingerprint density at radius 3 is 2.61 bits per heavy atom. The van der Waals surface area contributed by atoms with E-state index in [2.05, 4.69) is 15.0 Å². The minimum absolute atomic E-state index is 0.0121. The molecule has 1 aliphatic rings. The molecule has 3 heterocycles. The minimum atomic E-state index is -1.22. The standard InChI is InChI=1S/C29H25ClFN5O2/c1-15-14-34-24(23-5-6-33-28(35-23)29(3,4)38)12-25(15)36-16(2)7-22(26(30)27(36)37)21-11-20(21)18-8-17(13-32)9-19(31)10-18/h5-10,12,14,20-21,38H,11H2,1-4H3/t20-,21+/m1/s1. The van der Waals surface area contributed by atoms with Crippen molar-refractivity contribution < 1.29 is 9.50 Å². The highest BCUT2D eigenvalue weighted by Gasteiger charge is 2.42. The number of hydrogen-bond donors (Lipinski definition) is 1. The summed E-state index contributed by atoms with van der Waals surface area (Å²) in [4.78, 5) is 26.7. The molecular formula is C29H25ClFN5O2. The zero-order valence-electron chi connectivity index (χ0n) is 21.3. The average Bonchev–Trinajstić information content (AvgIpc) is 3.67. The second-order valence-electron chi connectivity index (χ2n) is 10.2. The van der Waals surface area contributed by atoms with E-state index >= 15 is 0 Å². The van der Waals surface area contributed by atoms with Crippen LogP contribution in [-0.4, -0.2) is 24.6 Å². The van der Waals surface area contributed by atoms with Gasteiger partial charge in [-0.15, -0.1) is 0 Å². The molecule has 3 aromatic heterocycles. The highest BCUT2D eigenvalue weighted by atomic mass is 35.5. The number of nitrogens with zero attached hydrogens (tertiary/aromatic N) is 5. The summed E-state index contributed by atoms with van der Waals surface area (Å²) in [5.74, 6) is -0.238. The highest BCUT2D eigenvalue weighted by molar-refractivity contribution is 6.31. The molecule has 9 heteroatoms. The van der Waals surface area contributed by atoms with E-state index < -0.39 is 11.4 Å². The van der Waals surface area contributed by atoms with Crippen molar-refractivity contribution in [2.75, 3.05) is 0 Å². The summed E-state index contributed by atoms with van der Waals surface area (Å²) >= 11 is 6.65. The molecule has 5 rings (SSSR count). The molecule has 1 aliphatic carbocycles. The van der Waals surface area contributed by atoms with E-state index in [0.717, 1.165) is 16.7 Å². The number of rotatable bonds is 5. The van der Waals surface area contributed by atoms with Crippen LogP contribution in [0.1, 0.15) is 65.9 Å². The van der Waals surface area contributed by atoms with E-state index in [1.54, 1.807) is 49.0 Å². The van der Waals surface area contributed by atoms with Crippen LogP contribution in [0.4, 0.5) is 4.39 Å². The van der Waals surface area contributed by atoms with Gasteiger partial charge in [-0.25, -0.2) is 14.4 Å². The first-order valence-electron chi connectivity index (χ1n) is 12.1. The van der Waals surface area contributed by atoms with Gasteiger partial charge < -0.3 is 5.11 Å². The molecule has 1 saturated carbocycles. The van der Waals surface area contributed by atoms with Crippen LogP contribution in [0, 0.1) is 31.0 Å². The third-order valence-electron chi connectivity index (χ3n) is 6.81. The van der Waals surface area contributed by atoms with Gasteiger partial charge in [0.25, 0.3) is 5.56 Å². The van der Waals surface area contributed by atoms with Crippen molar-refractivity contribution in [1.82, 2.24) is 19.5 Å². The highest BCUT2D eigenvalue weighted by Crippen LogP contribution is 2.56. The summed E-state index contributed by atoms with van der Waals surface area (Å²) in [6.45, 7) is 6.91. The summed E-state index contributed by atoms with van der Waals surface area (Å²) in [7, 11) is 0. The largest absolute Gasteiger partial charge is 0.382 e. The van der Waals surface area contributed by atoms with Gasteiger partial charge in [-0.1, -0.05) is 11.6 Å². The Bertz CT molecular complexity index is 1690. The smallest absolute Gasteiger partial charge is 0.274 e. The summed E-state index contributed by atoms with van der Waals surface area (Å²) in [6, 6.07) is 11.7. The monoisotopic (exact) mass is 529 g/mol.